The summed E-state index contributed by atoms with van der Waals surface area (Å²) in [6.07, 6.45) is 0. The molecule has 2 aromatic carbocycles. The second-order valence-electron chi connectivity index (χ2n) is 5.81. The summed E-state index contributed by atoms with van der Waals surface area (Å²) in [6.45, 7) is 5.59. The molecule has 122 valence electrons. The van der Waals surface area contributed by atoms with Crippen LogP contribution in [-0.2, 0) is 0 Å². The highest BCUT2D eigenvalue weighted by atomic mass is 19.1. The predicted octanol–water partition coefficient (Wildman–Crippen LogP) is 4.66. The second-order valence-corrected chi connectivity index (χ2v) is 5.81. The molecule has 0 spiro atoms. The van der Waals surface area contributed by atoms with Crippen molar-refractivity contribution in [3.05, 3.63) is 70.7 Å². The van der Waals surface area contributed by atoms with Crippen molar-refractivity contribution in [1.82, 2.24) is 5.16 Å². The lowest BCUT2D eigenvalue weighted by atomic mass is 10.1. The molecule has 3 rings (SSSR count). The monoisotopic (exact) mass is 324 g/mol. The van der Waals surface area contributed by atoms with E-state index in [0.717, 1.165) is 16.8 Å². The minimum absolute atomic E-state index is 0.144. The number of carbonyl (C=O) groups excluding carboxylic acids is 1. The predicted molar refractivity (Wildman–Crippen MR) is 90.5 cm³/mol. The van der Waals surface area contributed by atoms with Crippen LogP contribution in [0.4, 0.5) is 10.1 Å². The second kappa shape index (κ2) is 6.28. The van der Waals surface area contributed by atoms with Gasteiger partial charge in [-0.3, -0.25) is 4.79 Å². The highest BCUT2D eigenvalue weighted by molar-refractivity contribution is 6.03. The molecule has 0 aliphatic carbocycles. The van der Waals surface area contributed by atoms with Crippen molar-refractivity contribution in [2.45, 2.75) is 20.8 Å². The molecule has 0 saturated carbocycles. The van der Waals surface area contributed by atoms with Gasteiger partial charge in [-0.1, -0.05) is 35.0 Å². The zero-order valence-electron chi connectivity index (χ0n) is 13.7. The smallest absolute Gasteiger partial charge is 0.277 e. The van der Waals surface area contributed by atoms with Crippen molar-refractivity contribution in [3.63, 3.8) is 0 Å². The topological polar surface area (TPSA) is 55.1 Å². The first-order valence-corrected chi connectivity index (χ1v) is 7.56. The number of amides is 1. The van der Waals surface area contributed by atoms with E-state index in [1.165, 1.54) is 12.1 Å². The van der Waals surface area contributed by atoms with Gasteiger partial charge in [0.05, 0.1) is 0 Å². The molecular formula is C19H17FN2O2. The van der Waals surface area contributed by atoms with Gasteiger partial charge in [0.1, 0.15) is 5.82 Å². The Kier molecular flexibility index (Phi) is 4.16. The van der Waals surface area contributed by atoms with Gasteiger partial charge in [-0.2, -0.15) is 0 Å². The van der Waals surface area contributed by atoms with Crippen molar-refractivity contribution in [2.24, 2.45) is 0 Å². The summed E-state index contributed by atoms with van der Waals surface area (Å²) < 4.78 is 18.8. The number of hydrogen-bond donors (Lipinski definition) is 1. The molecule has 24 heavy (non-hydrogen) atoms. The van der Waals surface area contributed by atoms with E-state index in [1.54, 1.807) is 19.1 Å². The van der Waals surface area contributed by atoms with E-state index in [1.807, 2.05) is 32.0 Å². The van der Waals surface area contributed by atoms with Gasteiger partial charge < -0.3 is 9.84 Å². The number of aryl methyl sites for hydroxylation is 3. The number of hydrogen-bond acceptors (Lipinski definition) is 3. The molecule has 0 saturated heterocycles. The molecule has 0 bridgehead atoms. The summed E-state index contributed by atoms with van der Waals surface area (Å²) in [6, 6.07) is 12.0. The summed E-state index contributed by atoms with van der Waals surface area (Å²) in [5.74, 6) is -0.352. The van der Waals surface area contributed by atoms with Crippen LogP contribution in [-0.4, -0.2) is 11.1 Å². The van der Waals surface area contributed by atoms with Gasteiger partial charge in [-0.05, 0) is 44.0 Å². The number of carbonyl (C=O) groups is 1. The molecule has 0 unspecified atom stereocenters. The Bertz CT molecular complexity index is 915. The molecule has 3 aromatic rings. The van der Waals surface area contributed by atoms with Crippen LogP contribution in [0.15, 0.2) is 47.0 Å². The normalized spacial score (nSPS) is 10.7. The van der Waals surface area contributed by atoms with E-state index in [0.29, 0.717) is 16.9 Å². The van der Waals surface area contributed by atoms with E-state index < -0.39 is 0 Å². The van der Waals surface area contributed by atoms with Crippen LogP contribution < -0.4 is 5.32 Å². The van der Waals surface area contributed by atoms with Crippen molar-refractivity contribution in [1.29, 1.82) is 0 Å². The van der Waals surface area contributed by atoms with E-state index in [4.69, 9.17) is 4.52 Å². The van der Waals surface area contributed by atoms with Gasteiger partial charge in [-0.15, -0.1) is 0 Å². The minimum Gasteiger partial charge on any atom is -0.355 e. The van der Waals surface area contributed by atoms with Crippen LogP contribution in [0.5, 0.6) is 0 Å². The maximum Gasteiger partial charge on any atom is 0.277 e. The van der Waals surface area contributed by atoms with Gasteiger partial charge in [0.15, 0.2) is 11.5 Å². The Labute approximate surface area is 139 Å². The maximum absolute atomic E-state index is 13.7. The summed E-state index contributed by atoms with van der Waals surface area (Å²) in [5.41, 5.74) is 4.04. The molecule has 0 atom stereocenters. The maximum atomic E-state index is 13.7. The lowest BCUT2D eigenvalue weighted by Crippen LogP contribution is -2.13. The van der Waals surface area contributed by atoms with Crippen molar-refractivity contribution in [3.8, 4) is 11.3 Å². The fraction of sp³-hybridized carbons (Fsp3) is 0.158. The SMILES string of the molecule is Cc1ccc(NC(=O)c2cc(-c3ccc(C)c(F)c3)on2)c(C)c1. The molecule has 4 nitrogen and oxygen atoms in total. The van der Waals surface area contributed by atoms with Gasteiger partial charge >= 0.3 is 0 Å². The van der Waals surface area contributed by atoms with E-state index in [-0.39, 0.29) is 17.4 Å². The first-order valence-electron chi connectivity index (χ1n) is 7.56. The summed E-state index contributed by atoms with van der Waals surface area (Å²) in [5, 5.41) is 6.58. The number of aromatic nitrogens is 1. The van der Waals surface area contributed by atoms with Gasteiger partial charge in [-0.25, -0.2) is 4.39 Å². The Hall–Kier alpha value is -2.95. The molecule has 0 aliphatic heterocycles. The van der Waals surface area contributed by atoms with Crippen LogP contribution in [0.2, 0.25) is 0 Å². The van der Waals surface area contributed by atoms with E-state index in [2.05, 4.69) is 10.5 Å². The first-order chi connectivity index (χ1) is 11.4. The Morgan fingerprint density at radius 1 is 1.04 bits per heavy atom. The summed E-state index contributed by atoms with van der Waals surface area (Å²) in [4.78, 5) is 12.3. The van der Waals surface area contributed by atoms with Gasteiger partial charge in [0.25, 0.3) is 5.91 Å². The molecule has 1 heterocycles. The number of nitrogens with zero attached hydrogens (tertiary/aromatic N) is 1. The average Bonchev–Trinajstić information content (AvgIpc) is 3.03. The number of halogens is 1. The number of anilines is 1. The van der Waals surface area contributed by atoms with Crippen molar-refractivity contribution >= 4 is 11.6 Å². The lowest BCUT2D eigenvalue weighted by Gasteiger charge is -2.07. The highest BCUT2D eigenvalue weighted by Crippen LogP contribution is 2.23. The van der Waals surface area contributed by atoms with E-state index in [9.17, 15) is 9.18 Å². The molecule has 0 radical (unpaired) electrons. The third kappa shape index (κ3) is 3.20. The summed E-state index contributed by atoms with van der Waals surface area (Å²) >= 11 is 0. The number of nitrogens with one attached hydrogen (secondary N) is 1. The molecule has 0 aliphatic rings. The fourth-order valence-electron chi connectivity index (χ4n) is 2.40. The standard InChI is InChI=1S/C19H17FN2O2/c1-11-4-7-16(13(3)8-11)21-19(23)17-10-18(24-22-17)14-6-5-12(2)15(20)9-14/h4-10H,1-3H3,(H,21,23). The Balaban J connectivity index is 1.82. The quantitative estimate of drug-likeness (QED) is 0.762. The molecular weight excluding hydrogens is 307 g/mol. The van der Waals surface area contributed by atoms with E-state index >= 15 is 0 Å². The molecule has 5 heteroatoms. The van der Waals surface area contributed by atoms with Crippen LogP contribution in [0.25, 0.3) is 11.3 Å². The van der Waals surface area contributed by atoms with Gasteiger partial charge in [0.2, 0.25) is 0 Å². The average molecular weight is 324 g/mol. The minimum atomic E-state index is -0.371. The van der Waals surface area contributed by atoms with Crippen LogP contribution >= 0.6 is 0 Å². The first kappa shape index (κ1) is 15.9. The summed E-state index contributed by atoms with van der Waals surface area (Å²) in [7, 11) is 0. The van der Waals surface area contributed by atoms with Crippen LogP contribution in [0.3, 0.4) is 0 Å². The molecule has 1 amide bonds. The molecule has 0 fully saturated rings. The van der Waals surface area contributed by atoms with Crippen LogP contribution in [0, 0.1) is 26.6 Å². The van der Waals surface area contributed by atoms with Gasteiger partial charge in [0, 0.05) is 17.3 Å². The number of benzene rings is 2. The van der Waals surface area contributed by atoms with Crippen molar-refractivity contribution < 1.29 is 13.7 Å². The van der Waals surface area contributed by atoms with Crippen LogP contribution in [0.1, 0.15) is 27.2 Å². The third-order valence-electron chi connectivity index (χ3n) is 3.83. The Morgan fingerprint density at radius 2 is 1.83 bits per heavy atom. The fourth-order valence-corrected chi connectivity index (χ4v) is 2.40. The Morgan fingerprint density at radius 3 is 2.54 bits per heavy atom. The van der Waals surface area contributed by atoms with Crippen molar-refractivity contribution in [2.75, 3.05) is 5.32 Å². The molecule has 1 aromatic heterocycles. The third-order valence-corrected chi connectivity index (χ3v) is 3.83. The molecule has 1 N–H and O–H groups in total. The zero-order chi connectivity index (χ0) is 17.3. The largest absolute Gasteiger partial charge is 0.355 e. The number of rotatable bonds is 3. The highest BCUT2D eigenvalue weighted by Gasteiger charge is 2.15. The lowest BCUT2D eigenvalue weighted by molar-refractivity contribution is 0.101. The zero-order valence-corrected chi connectivity index (χ0v) is 13.7.